The molecule has 0 spiro atoms. The lowest BCUT2D eigenvalue weighted by atomic mass is 9.70. The zero-order valence-corrected chi connectivity index (χ0v) is 23.9. The van der Waals surface area contributed by atoms with E-state index in [-0.39, 0.29) is 17.8 Å². The quantitative estimate of drug-likeness (QED) is 0.247. The molecule has 9 nitrogen and oxygen atoms in total. The first-order chi connectivity index (χ1) is 20.3. The van der Waals surface area contributed by atoms with Crippen molar-refractivity contribution >= 4 is 22.2 Å². The maximum atomic E-state index is 13.7. The van der Waals surface area contributed by atoms with Crippen molar-refractivity contribution in [1.82, 2.24) is 19.6 Å². The van der Waals surface area contributed by atoms with E-state index in [0.717, 1.165) is 22.1 Å². The molecule has 5 aromatic rings. The van der Waals surface area contributed by atoms with E-state index in [2.05, 4.69) is 30.0 Å². The van der Waals surface area contributed by atoms with Crippen LogP contribution in [0.4, 0.5) is 0 Å². The summed E-state index contributed by atoms with van der Waals surface area (Å²) in [5.74, 6) is 3.03. The Kier molecular flexibility index (Phi) is 6.11. The number of carbonyl (C=O) groups is 1. The number of fused-ring (bicyclic) bond motifs is 4. The van der Waals surface area contributed by atoms with Crippen LogP contribution < -0.4 is 18.9 Å². The van der Waals surface area contributed by atoms with Gasteiger partial charge in [0.25, 0.3) is 0 Å². The lowest BCUT2D eigenvalue weighted by Gasteiger charge is -2.37. The highest BCUT2D eigenvalue weighted by Crippen LogP contribution is 2.51. The third-order valence-electron chi connectivity index (χ3n) is 7.94. The summed E-state index contributed by atoms with van der Waals surface area (Å²) in [6.07, 6.45) is 2.64. The van der Waals surface area contributed by atoms with Crippen molar-refractivity contribution in [3.8, 4) is 23.1 Å². The maximum absolute atomic E-state index is 13.7. The van der Waals surface area contributed by atoms with E-state index in [4.69, 9.17) is 23.9 Å². The van der Waals surface area contributed by atoms with E-state index >= 15 is 0 Å². The second-order valence-corrected chi connectivity index (χ2v) is 11.5. The van der Waals surface area contributed by atoms with Crippen LogP contribution in [0.25, 0.3) is 16.4 Å². The third-order valence-corrected chi connectivity index (χ3v) is 7.94. The van der Waals surface area contributed by atoms with Gasteiger partial charge in [0.15, 0.2) is 28.8 Å². The molecule has 0 fully saturated rings. The molecule has 1 aliphatic heterocycles. The summed E-state index contributed by atoms with van der Waals surface area (Å²) in [5, 5.41) is 6.89. The number of ether oxygens (including phenoxy) is 4. The summed E-state index contributed by atoms with van der Waals surface area (Å²) in [5.41, 5.74) is 2.49. The highest BCUT2D eigenvalue weighted by atomic mass is 16.5. The van der Waals surface area contributed by atoms with Gasteiger partial charge in [-0.25, -0.2) is 14.5 Å². The highest BCUT2D eigenvalue weighted by molar-refractivity contribution is 6.00. The van der Waals surface area contributed by atoms with E-state index < -0.39 is 5.92 Å². The van der Waals surface area contributed by atoms with Crippen LogP contribution in [0.5, 0.6) is 23.1 Å². The van der Waals surface area contributed by atoms with Gasteiger partial charge in [0.1, 0.15) is 24.4 Å². The Morgan fingerprint density at radius 2 is 1.79 bits per heavy atom. The fourth-order valence-corrected chi connectivity index (χ4v) is 6.02. The first-order valence-corrected chi connectivity index (χ1v) is 13.9. The van der Waals surface area contributed by atoms with Crippen LogP contribution in [0.1, 0.15) is 49.6 Å². The summed E-state index contributed by atoms with van der Waals surface area (Å²) in [6.45, 7) is 4.32. The molecule has 0 N–H and O–H groups in total. The van der Waals surface area contributed by atoms with Gasteiger partial charge in [-0.1, -0.05) is 50.2 Å². The van der Waals surface area contributed by atoms with Gasteiger partial charge in [0, 0.05) is 18.4 Å². The van der Waals surface area contributed by atoms with Crippen LogP contribution in [0.15, 0.2) is 78.3 Å². The first kappa shape index (κ1) is 26.0. The van der Waals surface area contributed by atoms with Crippen molar-refractivity contribution in [3.05, 3.63) is 95.3 Å². The summed E-state index contributed by atoms with van der Waals surface area (Å²) in [6, 6.07) is 19.8. The average molecular weight is 563 g/mol. The lowest BCUT2D eigenvalue weighted by Crippen LogP contribution is -2.33. The van der Waals surface area contributed by atoms with Crippen molar-refractivity contribution < 1.29 is 23.7 Å². The molecule has 212 valence electrons. The van der Waals surface area contributed by atoms with E-state index in [1.54, 1.807) is 25.1 Å². The predicted octanol–water partition coefficient (Wildman–Crippen LogP) is 6.04. The minimum absolute atomic E-state index is 0.0491. The number of methoxy groups -OCH3 is 2. The second kappa shape index (κ2) is 9.87. The molecular weight excluding hydrogens is 532 g/mol. The highest BCUT2D eigenvalue weighted by Gasteiger charge is 2.44. The van der Waals surface area contributed by atoms with E-state index in [1.807, 2.05) is 54.6 Å². The number of rotatable bonds is 6. The fraction of sp³-hybridized carbons (Fsp3) is 0.273. The number of benzene rings is 3. The zero-order chi connectivity index (χ0) is 29.0. The van der Waals surface area contributed by atoms with Crippen LogP contribution in [0.3, 0.4) is 0 Å². The fourth-order valence-electron chi connectivity index (χ4n) is 6.02. The molecule has 0 bridgehead atoms. The molecule has 9 heteroatoms. The Bertz CT molecular complexity index is 1910. The largest absolute Gasteiger partial charge is 0.493 e. The SMILES string of the molecule is COc1ccc([C@@H]2C3=C(CC(C)(C)CC3=O)Oc3ncn4nc(COc5ccc6ccccc6c5)nc4c32)cc1OC. The molecule has 42 heavy (non-hydrogen) atoms. The normalized spacial score (nSPS) is 17.5. The Labute approximate surface area is 242 Å². The molecule has 0 radical (unpaired) electrons. The molecule has 7 rings (SSSR count). The molecule has 2 aliphatic rings. The van der Waals surface area contributed by atoms with Gasteiger partial charge in [-0.3, -0.25) is 4.79 Å². The number of allylic oxidation sites excluding steroid dienone is 2. The molecule has 0 unspecified atom stereocenters. The van der Waals surface area contributed by atoms with Crippen LogP contribution in [-0.2, 0) is 11.4 Å². The van der Waals surface area contributed by atoms with Crippen LogP contribution in [-0.4, -0.2) is 39.6 Å². The smallest absolute Gasteiger partial charge is 0.228 e. The van der Waals surface area contributed by atoms with Crippen molar-refractivity contribution in [3.63, 3.8) is 0 Å². The van der Waals surface area contributed by atoms with Crippen LogP contribution in [0, 0.1) is 5.41 Å². The van der Waals surface area contributed by atoms with Crippen LogP contribution in [0.2, 0.25) is 0 Å². The number of aromatic nitrogens is 4. The number of hydrogen-bond acceptors (Lipinski definition) is 8. The standard InChI is InChI=1S/C33H30N4O5/c1-33(2)15-23(38)29-26(16-33)42-32-30(28(29)21-10-12-24(39-3)25(14-21)40-4)31-35-27(36-37(31)18-34-32)17-41-22-11-9-19-7-5-6-8-20(19)13-22/h5-14,18,28H,15-17H2,1-4H3/t28-/m1/s1. The number of carbonyl (C=O) groups excluding carboxylic acids is 1. The van der Waals surface area contributed by atoms with Gasteiger partial charge in [-0.05, 0) is 46.0 Å². The summed E-state index contributed by atoms with van der Waals surface area (Å²) < 4.78 is 25.2. The third kappa shape index (κ3) is 4.41. The van der Waals surface area contributed by atoms with Crippen molar-refractivity contribution in [2.75, 3.05) is 14.2 Å². The Balaban J connectivity index is 1.32. The maximum Gasteiger partial charge on any atom is 0.228 e. The molecule has 3 heterocycles. The number of ketones is 1. The minimum atomic E-state index is -0.471. The Morgan fingerprint density at radius 3 is 2.60 bits per heavy atom. The first-order valence-electron chi connectivity index (χ1n) is 13.9. The molecule has 1 atom stereocenters. The van der Waals surface area contributed by atoms with E-state index in [0.29, 0.717) is 58.6 Å². The average Bonchev–Trinajstić information content (AvgIpc) is 3.41. The summed E-state index contributed by atoms with van der Waals surface area (Å²) in [7, 11) is 3.19. The van der Waals surface area contributed by atoms with Gasteiger partial charge in [-0.2, -0.15) is 0 Å². The van der Waals surface area contributed by atoms with E-state index in [1.165, 1.54) is 0 Å². The van der Waals surface area contributed by atoms with Crippen molar-refractivity contribution in [1.29, 1.82) is 0 Å². The monoisotopic (exact) mass is 562 g/mol. The molecule has 0 saturated carbocycles. The zero-order valence-electron chi connectivity index (χ0n) is 23.9. The number of nitrogens with zero attached hydrogens (tertiary/aromatic N) is 4. The Hall–Kier alpha value is -4.92. The summed E-state index contributed by atoms with van der Waals surface area (Å²) in [4.78, 5) is 23.2. The molecule has 1 aliphatic carbocycles. The lowest BCUT2D eigenvalue weighted by molar-refractivity contribution is -0.118. The molecule has 3 aromatic carbocycles. The summed E-state index contributed by atoms with van der Waals surface area (Å²) >= 11 is 0. The van der Waals surface area contributed by atoms with Gasteiger partial charge >= 0.3 is 0 Å². The van der Waals surface area contributed by atoms with Gasteiger partial charge < -0.3 is 18.9 Å². The van der Waals surface area contributed by atoms with Gasteiger partial charge in [0.2, 0.25) is 5.88 Å². The van der Waals surface area contributed by atoms with Crippen LogP contribution >= 0.6 is 0 Å². The Morgan fingerprint density at radius 1 is 0.976 bits per heavy atom. The number of hydrogen-bond donors (Lipinski definition) is 0. The van der Waals surface area contributed by atoms with Gasteiger partial charge in [-0.15, -0.1) is 5.10 Å². The topological polar surface area (TPSA) is 97.1 Å². The van der Waals surface area contributed by atoms with Gasteiger partial charge in [0.05, 0.1) is 25.7 Å². The van der Waals surface area contributed by atoms with Crippen molar-refractivity contribution in [2.45, 2.75) is 39.2 Å². The molecule has 2 aromatic heterocycles. The predicted molar refractivity (Wildman–Crippen MR) is 156 cm³/mol. The van der Waals surface area contributed by atoms with E-state index in [9.17, 15) is 4.79 Å². The molecule has 0 saturated heterocycles. The minimum Gasteiger partial charge on any atom is -0.493 e. The second-order valence-electron chi connectivity index (χ2n) is 11.5. The number of Topliss-reactive ketones (excluding diaryl/α,β-unsaturated/α-hetero) is 1. The molecule has 0 amide bonds. The van der Waals surface area contributed by atoms with Crippen molar-refractivity contribution in [2.24, 2.45) is 5.41 Å². The molecular formula is C33H30N4O5.